The van der Waals surface area contributed by atoms with E-state index in [1.807, 2.05) is 24.3 Å². The predicted octanol–water partition coefficient (Wildman–Crippen LogP) is 4.08. The van der Waals surface area contributed by atoms with Crippen molar-refractivity contribution in [2.45, 2.75) is 0 Å². The van der Waals surface area contributed by atoms with E-state index in [2.05, 4.69) is 22.6 Å². The molecule has 3 rings (SSSR count). The monoisotopic (exact) mass is 418 g/mol. The van der Waals surface area contributed by atoms with Gasteiger partial charge in [-0.3, -0.25) is 4.79 Å². The van der Waals surface area contributed by atoms with Gasteiger partial charge in [-0.15, -0.1) is 23.5 Å². The topological polar surface area (TPSA) is 35.5 Å². The summed E-state index contributed by atoms with van der Waals surface area (Å²) < 4.78 is 12.5. The van der Waals surface area contributed by atoms with Gasteiger partial charge in [0.2, 0.25) is 6.79 Å². The fourth-order valence-corrected chi connectivity index (χ4v) is 5.24. The molecule has 3 nitrogen and oxygen atoms in total. The quantitative estimate of drug-likeness (QED) is 0.546. The highest BCUT2D eigenvalue weighted by Gasteiger charge is 2.16. The Balaban J connectivity index is 1.74. The van der Waals surface area contributed by atoms with Crippen LogP contribution < -0.4 is 9.47 Å². The number of halogens is 1. The zero-order valence-corrected chi connectivity index (χ0v) is 14.2. The summed E-state index contributed by atoms with van der Waals surface area (Å²) >= 11 is 5.66. The van der Waals surface area contributed by atoms with Gasteiger partial charge in [0.15, 0.2) is 17.3 Å². The minimum Gasteiger partial charge on any atom is -0.454 e. The van der Waals surface area contributed by atoms with E-state index in [-0.39, 0.29) is 12.6 Å². The summed E-state index contributed by atoms with van der Waals surface area (Å²) in [4.78, 5) is 12.1. The summed E-state index contributed by atoms with van der Waals surface area (Å²) in [5.74, 6) is 3.72. The lowest BCUT2D eigenvalue weighted by molar-refractivity contribution is -0.110. The van der Waals surface area contributed by atoms with Crippen molar-refractivity contribution >= 4 is 58.0 Å². The maximum absolute atomic E-state index is 12.1. The fourth-order valence-electron chi connectivity index (χ4n) is 1.80. The molecule has 0 radical (unpaired) electrons. The van der Waals surface area contributed by atoms with Gasteiger partial charge in [0.25, 0.3) is 0 Å². The molecular formula is C14H11IO3S2. The van der Waals surface area contributed by atoms with Gasteiger partial charge in [-0.1, -0.05) is 12.1 Å². The Kier molecular flexibility index (Phi) is 4.62. The van der Waals surface area contributed by atoms with E-state index in [1.165, 1.54) is 0 Å². The van der Waals surface area contributed by atoms with Crippen LogP contribution in [0.5, 0.6) is 11.5 Å². The molecule has 1 fully saturated rings. The summed E-state index contributed by atoms with van der Waals surface area (Å²) in [7, 11) is 0. The van der Waals surface area contributed by atoms with E-state index in [9.17, 15) is 4.79 Å². The number of ether oxygens (including phenoxy) is 2. The molecule has 0 N–H and O–H groups in total. The van der Waals surface area contributed by atoms with Crippen molar-refractivity contribution in [3.63, 3.8) is 0 Å². The number of hydrogen-bond donors (Lipinski definition) is 0. The maximum atomic E-state index is 12.1. The van der Waals surface area contributed by atoms with Crippen molar-refractivity contribution in [3.05, 3.63) is 37.7 Å². The Hall–Kier alpha value is -0.600. The van der Waals surface area contributed by atoms with E-state index in [0.717, 1.165) is 36.4 Å². The molecule has 0 bridgehead atoms. The first-order valence-electron chi connectivity index (χ1n) is 6.01. The maximum Gasteiger partial charge on any atom is 0.231 e. The van der Waals surface area contributed by atoms with Crippen molar-refractivity contribution in [1.82, 2.24) is 0 Å². The van der Waals surface area contributed by atoms with Gasteiger partial charge in [-0.05, 0) is 46.4 Å². The summed E-state index contributed by atoms with van der Waals surface area (Å²) in [6.07, 6.45) is 3.43. The van der Waals surface area contributed by atoms with E-state index < -0.39 is 0 Å². The van der Waals surface area contributed by atoms with Crippen molar-refractivity contribution < 1.29 is 14.3 Å². The molecule has 0 saturated carbocycles. The molecule has 2 aliphatic rings. The van der Waals surface area contributed by atoms with E-state index >= 15 is 0 Å². The summed E-state index contributed by atoms with van der Waals surface area (Å²) in [5, 5.41) is 0. The van der Waals surface area contributed by atoms with Crippen LogP contribution in [-0.4, -0.2) is 24.1 Å². The molecule has 0 amide bonds. The minimum atomic E-state index is 0.0557. The highest BCUT2D eigenvalue weighted by molar-refractivity contribution is 14.1. The SMILES string of the molecule is O=C(/C=C/c1ccc2c(c1)OCO2)C(I)=C1SCCS1. The Morgan fingerprint density at radius 2 is 1.95 bits per heavy atom. The molecule has 20 heavy (non-hydrogen) atoms. The molecule has 0 aliphatic carbocycles. The molecule has 0 atom stereocenters. The van der Waals surface area contributed by atoms with E-state index in [4.69, 9.17) is 9.47 Å². The third-order valence-corrected chi connectivity index (χ3v) is 7.29. The molecular weight excluding hydrogens is 407 g/mol. The van der Waals surface area contributed by atoms with Crippen LogP contribution in [-0.2, 0) is 4.79 Å². The van der Waals surface area contributed by atoms with Crippen LogP contribution in [0.15, 0.2) is 32.1 Å². The number of rotatable bonds is 3. The average Bonchev–Trinajstić information content (AvgIpc) is 3.13. The van der Waals surface area contributed by atoms with Crippen molar-refractivity contribution in [1.29, 1.82) is 0 Å². The van der Waals surface area contributed by atoms with Crippen LogP contribution in [0, 0.1) is 0 Å². The van der Waals surface area contributed by atoms with Crippen LogP contribution in [0.4, 0.5) is 0 Å². The Morgan fingerprint density at radius 1 is 1.20 bits per heavy atom. The lowest BCUT2D eigenvalue weighted by Crippen LogP contribution is -1.93. The van der Waals surface area contributed by atoms with Gasteiger partial charge in [0.1, 0.15) is 0 Å². The number of ketones is 1. The largest absolute Gasteiger partial charge is 0.454 e. The van der Waals surface area contributed by atoms with Gasteiger partial charge in [0.05, 0.1) is 7.82 Å². The molecule has 1 saturated heterocycles. The first-order chi connectivity index (χ1) is 9.74. The van der Waals surface area contributed by atoms with E-state index in [0.29, 0.717) is 0 Å². The molecule has 2 heterocycles. The van der Waals surface area contributed by atoms with E-state index in [1.54, 1.807) is 29.6 Å². The molecule has 0 aromatic heterocycles. The molecule has 2 aliphatic heterocycles. The summed E-state index contributed by atoms with van der Waals surface area (Å²) in [5.41, 5.74) is 0.934. The summed E-state index contributed by atoms with van der Waals surface area (Å²) in [6, 6.07) is 5.65. The average molecular weight is 418 g/mol. The van der Waals surface area contributed by atoms with Crippen LogP contribution in [0.25, 0.3) is 6.08 Å². The number of fused-ring (bicyclic) bond motifs is 1. The number of carbonyl (C=O) groups is 1. The molecule has 104 valence electrons. The number of benzene rings is 1. The first kappa shape index (κ1) is 14.3. The molecule has 1 aromatic rings. The fraction of sp³-hybridized carbons (Fsp3) is 0.214. The standard InChI is InChI=1S/C14H11IO3S2/c15-13(14-19-5-6-20-14)10(16)3-1-9-2-4-11-12(7-9)18-8-17-11/h1-4,7H,5-6,8H2/b3-1+. The minimum absolute atomic E-state index is 0.0557. The number of thioether (sulfide) groups is 2. The van der Waals surface area contributed by atoms with Gasteiger partial charge >= 0.3 is 0 Å². The van der Waals surface area contributed by atoms with Crippen molar-refractivity contribution in [2.24, 2.45) is 0 Å². The van der Waals surface area contributed by atoms with Crippen molar-refractivity contribution in [3.8, 4) is 11.5 Å². The van der Waals surface area contributed by atoms with Crippen LogP contribution in [0.3, 0.4) is 0 Å². The lowest BCUT2D eigenvalue weighted by atomic mass is 10.1. The predicted molar refractivity (Wildman–Crippen MR) is 92.6 cm³/mol. The first-order valence-corrected chi connectivity index (χ1v) is 9.06. The van der Waals surface area contributed by atoms with Crippen LogP contribution in [0.1, 0.15) is 5.56 Å². The highest BCUT2D eigenvalue weighted by atomic mass is 127. The van der Waals surface area contributed by atoms with Crippen LogP contribution in [0.2, 0.25) is 0 Å². The smallest absolute Gasteiger partial charge is 0.231 e. The molecule has 6 heteroatoms. The number of carbonyl (C=O) groups excluding carboxylic acids is 1. The zero-order chi connectivity index (χ0) is 13.9. The van der Waals surface area contributed by atoms with Crippen LogP contribution >= 0.6 is 46.1 Å². The normalized spacial score (nSPS) is 16.9. The molecule has 0 unspecified atom stereocenters. The van der Waals surface area contributed by atoms with Gasteiger partial charge in [0, 0.05) is 11.5 Å². The zero-order valence-electron chi connectivity index (χ0n) is 10.4. The Labute approximate surface area is 139 Å². The number of allylic oxidation sites excluding steroid dienone is 2. The Morgan fingerprint density at radius 3 is 2.75 bits per heavy atom. The second-order valence-corrected chi connectivity index (χ2v) is 7.66. The van der Waals surface area contributed by atoms with Crippen molar-refractivity contribution in [2.75, 3.05) is 18.3 Å². The number of hydrogen-bond acceptors (Lipinski definition) is 5. The van der Waals surface area contributed by atoms with Gasteiger partial charge in [-0.2, -0.15) is 0 Å². The molecule has 0 spiro atoms. The third kappa shape index (κ3) is 3.17. The second-order valence-electron chi connectivity index (χ2n) is 4.11. The Bertz CT molecular complexity index is 602. The van der Waals surface area contributed by atoms with Gasteiger partial charge in [-0.25, -0.2) is 0 Å². The highest BCUT2D eigenvalue weighted by Crippen LogP contribution is 2.41. The molecule has 1 aromatic carbocycles. The van der Waals surface area contributed by atoms with Gasteiger partial charge < -0.3 is 9.47 Å². The second kappa shape index (κ2) is 6.44. The lowest BCUT2D eigenvalue weighted by Gasteiger charge is -1.99. The summed E-state index contributed by atoms with van der Waals surface area (Å²) in [6.45, 7) is 0.264. The third-order valence-electron chi connectivity index (χ3n) is 2.77.